The van der Waals surface area contributed by atoms with Crippen LogP contribution in [0.15, 0.2) is 60.9 Å². The lowest BCUT2D eigenvalue weighted by Gasteiger charge is -2.30. The van der Waals surface area contributed by atoms with E-state index in [4.69, 9.17) is 16.6 Å². The summed E-state index contributed by atoms with van der Waals surface area (Å²) in [4.78, 5) is 25.1. The number of para-hydroxylation sites is 1. The highest BCUT2D eigenvalue weighted by atomic mass is 35.5. The van der Waals surface area contributed by atoms with Gasteiger partial charge >= 0.3 is 0 Å². The normalized spacial score (nSPS) is 18.2. The van der Waals surface area contributed by atoms with Gasteiger partial charge in [-0.1, -0.05) is 47.5 Å². The van der Waals surface area contributed by atoms with Crippen LogP contribution in [-0.4, -0.2) is 32.9 Å². The van der Waals surface area contributed by atoms with Gasteiger partial charge < -0.3 is 15.6 Å². The van der Waals surface area contributed by atoms with E-state index < -0.39 is 0 Å². The predicted octanol–water partition coefficient (Wildman–Crippen LogP) is 5.74. The number of H-pyrrole nitrogens is 1. The Labute approximate surface area is 197 Å². The van der Waals surface area contributed by atoms with Gasteiger partial charge in [0, 0.05) is 40.3 Å². The average Bonchev–Trinajstić information content (AvgIpc) is 3.25. The Hall–Kier alpha value is -3.38. The van der Waals surface area contributed by atoms with E-state index in [1.807, 2.05) is 55.6 Å². The molecule has 3 N–H and O–H groups in total. The van der Waals surface area contributed by atoms with Crippen molar-refractivity contribution in [3.8, 4) is 11.3 Å². The number of benzene rings is 2. The molecule has 33 heavy (non-hydrogen) atoms. The number of aromatic nitrogens is 3. The molecule has 5 rings (SSSR count). The third kappa shape index (κ3) is 4.71. The maximum absolute atomic E-state index is 12.6. The van der Waals surface area contributed by atoms with Crippen molar-refractivity contribution in [1.82, 2.24) is 20.3 Å². The fourth-order valence-corrected chi connectivity index (χ4v) is 4.69. The maximum Gasteiger partial charge on any atom is 0.251 e. The van der Waals surface area contributed by atoms with E-state index in [0.717, 1.165) is 47.7 Å². The topological polar surface area (TPSA) is 82.7 Å². The lowest BCUT2D eigenvalue weighted by atomic mass is 9.91. The van der Waals surface area contributed by atoms with Crippen molar-refractivity contribution in [3.63, 3.8) is 0 Å². The number of nitrogens with zero attached hydrogens (tertiary/aromatic N) is 2. The largest absolute Gasteiger partial charge is 0.360 e. The van der Waals surface area contributed by atoms with Gasteiger partial charge in [0.15, 0.2) is 0 Å². The molecule has 2 heterocycles. The first kappa shape index (κ1) is 21.5. The summed E-state index contributed by atoms with van der Waals surface area (Å²) in [5.74, 6) is 0.528. The van der Waals surface area contributed by atoms with Crippen molar-refractivity contribution in [3.05, 3.63) is 77.1 Å². The second-order valence-electron chi connectivity index (χ2n) is 8.68. The molecule has 1 saturated carbocycles. The Morgan fingerprint density at radius 2 is 1.88 bits per heavy atom. The van der Waals surface area contributed by atoms with Gasteiger partial charge in [0.25, 0.3) is 5.91 Å². The van der Waals surface area contributed by atoms with Crippen LogP contribution < -0.4 is 10.6 Å². The Balaban J connectivity index is 1.29. The maximum atomic E-state index is 12.6. The van der Waals surface area contributed by atoms with Crippen molar-refractivity contribution in [2.75, 3.05) is 5.32 Å². The molecule has 0 bridgehead atoms. The molecule has 2 atom stereocenters. The molecular weight excluding hydrogens is 434 g/mol. The van der Waals surface area contributed by atoms with Crippen LogP contribution in [0.1, 0.15) is 41.6 Å². The van der Waals surface area contributed by atoms with E-state index in [-0.39, 0.29) is 18.0 Å². The number of carbonyl (C=O) groups excluding carboxylic acids is 1. The van der Waals surface area contributed by atoms with Gasteiger partial charge in [-0.25, -0.2) is 9.97 Å². The van der Waals surface area contributed by atoms with E-state index in [0.29, 0.717) is 22.2 Å². The second kappa shape index (κ2) is 9.24. The van der Waals surface area contributed by atoms with Crippen LogP contribution in [0.2, 0.25) is 5.02 Å². The zero-order valence-electron chi connectivity index (χ0n) is 18.4. The Bertz CT molecular complexity index is 1280. The molecule has 2 aromatic carbocycles. The van der Waals surface area contributed by atoms with Gasteiger partial charge in [-0.2, -0.15) is 0 Å². The fraction of sp³-hybridized carbons (Fsp3) is 0.269. The molecule has 1 fully saturated rings. The molecule has 2 aromatic heterocycles. The van der Waals surface area contributed by atoms with E-state index in [1.54, 1.807) is 6.20 Å². The van der Waals surface area contributed by atoms with Gasteiger partial charge in [0.2, 0.25) is 5.95 Å². The molecule has 1 aliphatic rings. The highest BCUT2D eigenvalue weighted by Crippen LogP contribution is 2.32. The standard InChI is InChI=1S/C26H26ClN5O/c1-16-9-11-17(12-10-16)25(33)30-18-5-4-6-19(13-18)31-26-29-15-22(27)24(32-26)21-14-28-23-8-3-2-7-20(21)23/h2-3,7-12,14-15,18-19,28H,4-6,13H2,1H3,(H,30,33)(H,29,31,32)/t18-,19?/m0/s1. The third-order valence-corrected chi connectivity index (χ3v) is 6.52. The third-order valence-electron chi connectivity index (χ3n) is 6.24. The number of aromatic amines is 1. The minimum Gasteiger partial charge on any atom is -0.360 e. The summed E-state index contributed by atoms with van der Waals surface area (Å²) in [5.41, 5.74) is 4.53. The van der Waals surface area contributed by atoms with Crippen molar-refractivity contribution >= 4 is 34.4 Å². The smallest absolute Gasteiger partial charge is 0.251 e. The van der Waals surface area contributed by atoms with Crippen LogP contribution >= 0.6 is 11.6 Å². The summed E-state index contributed by atoms with van der Waals surface area (Å²) in [6, 6.07) is 16.0. The van der Waals surface area contributed by atoms with Gasteiger partial charge in [-0.15, -0.1) is 0 Å². The molecule has 7 heteroatoms. The monoisotopic (exact) mass is 459 g/mol. The molecular formula is C26H26ClN5O. The number of aryl methyl sites for hydroxylation is 1. The van der Waals surface area contributed by atoms with Crippen LogP contribution in [0.25, 0.3) is 22.2 Å². The molecule has 0 radical (unpaired) electrons. The minimum absolute atomic E-state index is 0.0231. The summed E-state index contributed by atoms with van der Waals surface area (Å²) in [6.45, 7) is 2.02. The van der Waals surface area contributed by atoms with Gasteiger partial charge in [0.05, 0.1) is 16.9 Å². The summed E-state index contributed by atoms with van der Waals surface area (Å²) in [5, 5.41) is 8.24. The summed E-state index contributed by atoms with van der Waals surface area (Å²) < 4.78 is 0. The van der Waals surface area contributed by atoms with E-state index in [9.17, 15) is 4.79 Å². The van der Waals surface area contributed by atoms with Crippen molar-refractivity contribution in [2.45, 2.75) is 44.7 Å². The molecule has 0 spiro atoms. The molecule has 1 unspecified atom stereocenters. The summed E-state index contributed by atoms with van der Waals surface area (Å²) in [7, 11) is 0. The Morgan fingerprint density at radius 3 is 2.73 bits per heavy atom. The number of rotatable bonds is 5. The molecule has 1 aliphatic carbocycles. The highest BCUT2D eigenvalue weighted by molar-refractivity contribution is 6.33. The summed E-state index contributed by atoms with van der Waals surface area (Å²) in [6.07, 6.45) is 7.40. The first-order valence-electron chi connectivity index (χ1n) is 11.3. The Kier molecular flexibility index (Phi) is 6.01. The highest BCUT2D eigenvalue weighted by Gasteiger charge is 2.24. The molecule has 168 valence electrons. The predicted molar refractivity (Wildman–Crippen MR) is 133 cm³/mol. The number of amides is 1. The lowest BCUT2D eigenvalue weighted by molar-refractivity contribution is 0.0926. The number of halogens is 1. The average molecular weight is 460 g/mol. The Morgan fingerprint density at radius 1 is 1.09 bits per heavy atom. The van der Waals surface area contributed by atoms with E-state index in [1.165, 1.54) is 0 Å². The van der Waals surface area contributed by atoms with Crippen molar-refractivity contribution in [1.29, 1.82) is 0 Å². The first-order chi connectivity index (χ1) is 16.1. The quantitative estimate of drug-likeness (QED) is 0.355. The number of anilines is 1. The zero-order chi connectivity index (χ0) is 22.8. The van der Waals surface area contributed by atoms with Gasteiger partial charge in [-0.05, 0) is 50.8 Å². The lowest BCUT2D eigenvalue weighted by Crippen LogP contribution is -2.42. The van der Waals surface area contributed by atoms with Crippen LogP contribution in [0.3, 0.4) is 0 Å². The molecule has 1 amide bonds. The number of carbonyl (C=O) groups is 1. The fourth-order valence-electron chi connectivity index (χ4n) is 4.50. The van der Waals surface area contributed by atoms with Crippen LogP contribution in [0.5, 0.6) is 0 Å². The van der Waals surface area contributed by atoms with Gasteiger partial charge in [0.1, 0.15) is 0 Å². The van der Waals surface area contributed by atoms with Crippen LogP contribution in [0.4, 0.5) is 5.95 Å². The minimum atomic E-state index is -0.0231. The molecule has 6 nitrogen and oxygen atoms in total. The van der Waals surface area contributed by atoms with E-state index in [2.05, 4.69) is 26.7 Å². The summed E-state index contributed by atoms with van der Waals surface area (Å²) >= 11 is 6.47. The van der Waals surface area contributed by atoms with Crippen molar-refractivity contribution in [2.24, 2.45) is 0 Å². The molecule has 0 aliphatic heterocycles. The van der Waals surface area contributed by atoms with Crippen LogP contribution in [-0.2, 0) is 0 Å². The van der Waals surface area contributed by atoms with Gasteiger partial charge in [-0.3, -0.25) is 4.79 Å². The number of hydrogen-bond donors (Lipinski definition) is 3. The number of nitrogens with one attached hydrogen (secondary N) is 3. The molecule has 0 saturated heterocycles. The van der Waals surface area contributed by atoms with Crippen LogP contribution in [0, 0.1) is 6.92 Å². The second-order valence-corrected chi connectivity index (χ2v) is 9.09. The van der Waals surface area contributed by atoms with Crippen molar-refractivity contribution < 1.29 is 4.79 Å². The number of fused-ring (bicyclic) bond motifs is 1. The molecule has 4 aromatic rings. The van der Waals surface area contributed by atoms with E-state index >= 15 is 0 Å². The number of hydrogen-bond acceptors (Lipinski definition) is 4. The SMILES string of the molecule is Cc1ccc(C(=O)N[C@H]2CCCC(Nc3ncc(Cl)c(-c4c[nH]c5ccccc45)n3)C2)cc1. The zero-order valence-corrected chi connectivity index (χ0v) is 19.2. The first-order valence-corrected chi connectivity index (χ1v) is 11.7.